The van der Waals surface area contributed by atoms with E-state index in [1.165, 1.54) is 12.1 Å². The van der Waals surface area contributed by atoms with Crippen LogP contribution in [0.4, 0.5) is 0 Å². The molecule has 19 heavy (non-hydrogen) atoms. The topological polar surface area (TPSA) is 75.8 Å². The molecule has 0 aromatic heterocycles. The Kier molecular flexibility index (Phi) is 4.52. The molecule has 1 heterocycles. The molecule has 1 saturated heterocycles. The molecule has 1 fully saturated rings. The summed E-state index contributed by atoms with van der Waals surface area (Å²) in [5.41, 5.74) is 0.527. The Morgan fingerprint density at radius 3 is 2.89 bits per heavy atom. The molecule has 5 nitrogen and oxygen atoms in total. The second-order valence-electron chi connectivity index (χ2n) is 4.41. The number of rotatable bonds is 4. The van der Waals surface area contributed by atoms with Crippen LogP contribution < -0.4 is 5.90 Å². The van der Waals surface area contributed by atoms with Gasteiger partial charge in [0.15, 0.2) is 0 Å². The monoisotopic (exact) mass is 304 g/mol. The maximum absolute atomic E-state index is 11.8. The SMILES string of the molecule is NOCCN1CC(c2c(O)ccc(Cl)c2Cl)CC1=O. The van der Waals surface area contributed by atoms with E-state index in [-0.39, 0.29) is 30.6 Å². The quantitative estimate of drug-likeness (QED) is 0.833. The van der Waals surface area contributed by atoms with Crippen LogP contribution in [-0.2, 0) is 9.63 Å². The number of amides is 1. The van der Waals surface area contributed by atoms with E-state index in [0.717, 1.165) is 0 Å². The molecule has 0 aliphatic carbocycles. The van der Waals surface area contributed by atoms with Crippen LogP contribution in [0, 0.1) is 0 Å². The fourth-order valence-electron chi connectivity index (χ4n) is 2.29. The van der Waals surface area contributed by atoms with E-state index in [2.05, 4.69) is 4.84 Å². The van der Waals surface area contributed by atoms with Gasteiger partial charge < -0.3 is 14.8 Å². The first-order chi connectivity index (χ1) is 9.04. The van der Waals surface area contributed by atoms with Crippen molar-refractivity contribution in [1.29, 1.82) is 0 Å². The Morgan fingerprint density at radius 1 is 1.47 bits per heavy atom. The first kappa shape index (κ1) is 14.4. The van der Waals surface area contributed by atoms with Gasteiger partial charge in [0.05, 0.1) is 16.7 Å². The molecule has 104 valence electrons. The molecule has 7 heteroatoms. The lowest BCUT2D eigenvalue weighted by molar-refractivity contribution is -0.128. The molecule has 3 N–H and O–H groups in total. The maximum Gasteiger partial charge on any atom is 0.223 e. The number of carbonyl (C=O) groups is 1. The summed E-state index contributed by atoms with van der Waals surface area (Å²) < 4.78 is 0. The van der Waals surface area contributed by atoms with Crippen molar-refractivity contribution in [1.82, 2.24) is 4.90 Å². The van der Waals surface area contributed by atoms with Crippen molar-refractivity contribution in [2.45, 2.75) is 12.3 Å². The highest BCUT2D eigenvalue weighted by atomic mass is 35.5. The van der Waals surface area contributed by atoms with Gasteiger partial charge >= 0.3 is 0 Å². The van der Waals surface area contributed by atoms with Gasteiger partial charge in [-0.15, -0.1) is 0 Å². The van der Waals surface area contributed by atoms with E-state index >= 15 is 0 Å². The van der Waals surface area contributed by atoms with E-state index in [0.29, 0.717) is 28.7 Å². The fraction of sp³-hybridized carbons (Fsp3) is 0.417. The Labute approximate surface area is 120 Å². The molecule has 1 aromatic carbocycles. The molecule has 1 aliphatic rings. The standard InChI is InChI=1S/C12H14Cl2N2O3/c13-8-1-2-9(17)11(12(8)14)7-5-10(18)16(6-7)3-4-19-15/h1-2,7,17H,3-6,15H2. The van der Waals surface area contributed by atoms with E-state index in [1.807, 2.05) is 0 Å². The maximum atomic E-state index is 11.8. The number of nitrogens with two attached hydrogens (primary N) is 1. The molecule has 1 aromatic rings. The van der Waals surface area contributed by atoms with Crippen LogP contribution in [-0.4, -0.2) is 35.6 Å². The number of carbonyl (C=O) groups excluding carboxylic acids is 1. The van der Waals surface area contributed by atoms with E-state index in [9.17, 15) is 9.90 Å². The lowest BCUT2D eigenvalue weighted by Gasteiger charge is -2.17. The van der Waals surface area contributed by atoms with Crippen LogP contribution in [0.5, 0.6) is 5.75 Å². The normalized spacial score (nSPS) is 19.2. The number of halogens is 2. The minimum absolute atomic E-state index is 0.0162. The van der Waals surface area contributed by atoms with Gasteiger partial charge in [-0.1, -0.05) is 23.2 Å². The summed E-state index contributed by atoms with van der Waals surface area (Å²) in [4.78, 5) is 17.9. The largest absolute Gasteiger partial charge is 0.508 e. The molecule has 0 bridgehead atoms. The Balaban J connectivity index is 2.21. The van der Waals surface area contributed by atoms with E-state index < -0.39 is 0 Å². The van der Waals surface area contributed by atoms with Gasteiger partial charge in [-0.05, 0) is 12.1 Å². The highest BCUT2D eigenvalue weighted by Crippen LogP contribution is 2.41. The molecule has 1 amide bonds. The predicted octanol–water partition coefficient (Wildman–Crippen LogP) is 1.91. The van der Waals surface area contributed by atoms with Gasteiger partial charge in [-0.25, -0.2) is 5.90 Å². The summed E-state index contributed by atoms with van der Waals surface area (Å²) >= 11 is 12.1. The number of phenols is 1. The molecule has 1 unspecified atom stereocenters. The zero-order valence-electron chi connectivity index (χ0n) is 10.1. The molecule has 1 aliphatic heterocycles. The van der Waals surface area contributed by atoms with Crippen molar-refractivity contribution >= 4 is 29.1 Å². The van der Waals surface area contributed by atoms with Crippen LogP contribution in [0.2, 0.25) is 10.0 Å². The molecule has 1 atom stereocenters. The summed E-state index contributed by atoms with van der Waals surface area (Å²) in [5, 5.41) is 10.6. The van der Waals surface area contributed by atoms with Crippen molar-refractivity contribution in [3.63, 3.8) is 0 Å². The third-order valence-electron chi connectivity index (χ3n) is 3.21. The minimum Gasteiger partial charge on any atom is -0.508 e. The molecule has 0 spiro atoms. The van der Waals surface area contributed by atoms with Gasteiger partial charge in [0.1, 0.15) is 5.75 Å². The minimum atomic E-state index is -0.170. The molecular weight excluding hydrogens is 291 g/mol. The Bertz CT molecular complexity index is 496. The lowest BCUT2D eigenvalue weighted by atomic mass is 9.97. The highest BCUT2D eigenvalue weighted by molar-refractivity contribution is 6.42. The Hall–Kier alpha value is -1.01. The number of likely N-dealkylation sites (tertiary alicyclic amines) is 1. The number of nitrogens with zero attached hydrogens (tertiary/aromatic N) is 1. The van der Waals surface area contributed by atoms with Crippen LogP contribution in [0.25, 0.3) is 0 Å². The van der Waals surface area contributed by atoms with Crippen molar-refractivity contribution < 1.29 is 14.7 Å². The predicted molar refractivity (Wildman–Crippen MR) is 72.2 cm³/mol. The molecule has 0 radical (unpaired) electrons. The second-order valence-corrected chi connectivity index (χ2v) is 5.19. The van der Waals surface area contributed by atoms with Crippen molar-refractivity contribution in [3.8, 4) is 5.75 Å². The summed E-state index contributed by atoms with van der Waals surface area (Å²) in [6.07, 6.45) is 0.290. The van der Waals surface area contributed by atoms with Crippen LogP contribution >= 0.6 is 23.2 Å². The summed E-state index contributed by atoms with van der Waals surface area (Å²) in [7, 11) is 0. The average molecular weight is 305 g/mol. The van der Waals surface area contributed by atoms with E-state index in [4.69, 9.17) is 29.1 Å². The summed E-state index contributed by atoms with van der Waals surface area (Å²) in [5.74, 6) is 4.82. The molecule has 0 saturated carbocycles. The van der Waals surface area contributed by atoms with Crippen molar-refractivity contribution in [3.05, 3.63) is 27.7 Å². The summed E-state index contributed by atoms with van der Waals surface area (Å²) in [6, 6.07) is 3.01. The van der Waals surface area contributed by atoms with E-state index in [1.54, 1.807) is 4.90 Å². The van der Waals surface area contributed by atoms with Gasteiger partial charge in [-0.2, -0.15) is 0 Å². The van der Waals surface area contributed by atoms with Gasteiger partial charge in [0.25, 0.3) is 0 Å². The van der Waals surface area contributed by atoms with Crippen molar-refractivity contribution in [2.75, 3.05) is 19.7 Å². The molecular formula is C12H14Cl2N2O3. The van der Waals surface area contributed by atoms with Crippen LogP contribution in [0.1, 0.15) is 17.9 Å². The van der Waals surface area contributed by atoms with Gasteiger partial charge in [-0.3, -0.25) is 4.79 Å². The van der Waals surface area contributed by atoms with Gasteiger partial charge in [0.2, 0.25) is 5.91 Å². The number of benzene rings is 1. The van der Waals surface area contributed by atoms with Gasteiger partial charge in [0, 0.05) is 31.0 Å². The fourth-order valence-corrected chi connectivity index (χ4v) is 2.77. The smallest absolute Gasteiger partial charge is 0.223 e. The van der Waals surface area contributed by atoms with Crippen LogP contribution in [0.3, 0.4) is 0 Å². The average Bonchev–Trinajstić information content (AvgIpc) is 2.73. The zero-order valence-corrected chi connectivity index (χ0v) is 11.6. The Morgan fingerprint density at radius 2 is 2.21 bits per heavy atom. The van der Waals surface area contributed by atoms with Crippen LogP contribution in [0.15, 0.2) is 12.1 Å². The number of aromatic hydroxyl groups is 1. The second kappa shape index (κ2) is 5.96. The van der Waals surface area contributed by atoms with Crippen molar-refractivity contribution in [2.24, 2.45) is 5.90 Å². The number of phenolic OH excluding ortho intramolecular Hbond substituents is 1. The zero-order chi connectivity index (χ0) is 14.0. The summed E-state index contributed by atoms with van der Waals surface area (Å²) in [6.45, 7) is 1.16. The first-order valence-electron chi connectivity index (χ1n) is 5.81. The third-order valence-corrected chi connectivity index (χ3v) is 4.03. The number of hydrogen-bond acceptors (Lipinski definition) is 4. The third kappa shape index (κ3) is 2.95. The molecule has 2 rings (SSSR count). The number of hydrogen-bond donors (Lipinski definition) is 2. The highest BCUT2D eigenvalue weighted by Gasteiger charge is 2.33. The first-order valence-corrected chi connectivity index (χ1v) is 6.56. The lowest BCUT2D eigenvalue weighted by Crippen LogP contribution is -2.29.